The van der Waals surface area contributed by atoms with E-state index in [-0.39, 0.29) is 17.6 Å². The van der Waals surface area contributed by atoms with Crippen molar-refractivity contribution >= 4 is 5.78 Å². The van der Waals surface area contributed by atoms with Gasteiger partial charge in [0.05, 0.1) is 17.6 Å². The number of allylic oxidation sites excluding steroid dienone is 1. The van der Waals surface area contributed by atoms with Crippen LogP contribution in [0.1, 0.15) is 42.4 Å². The molecule has 0 bridgehead atoms. The number of aromatic nitrogens is 3. The van der Waals surface area contributed by atoms with Crippen molar-refractivity contribution < 1.29 is 9.90 Å². The number of hydrogen-bond donors (Lipinski definition) is 1. The van der Waals surface area contributed by atoms with E-state index in [1.54, 1.807) is 12.4 Å². The van der Waals surface area contributed by atoms with E-state index >= 15 is 0 Å². The Labute approximate surface area is 217 Å². The van der Waals surface area contributed by atoms with E-state index in [9.17, 15) is 9.90 Å². The van der Waals surface area contributed by atoms with Crippen molar-refractivity contribution in [2.24, 2.45) is 11.8 Å². The van der Waals surface area contributed by atoms with E-state index in [1.807, 2.05) is 44.2 Å². The average Bonchev–Trinajstić information content (AvgIpc) is 2.95. The van der Waals surface area contributed by atoms with Gasteiger partial charge < -0.3 is 5.11 Å². The summed E-state index contributed by atoms with van der Waals surface area (Å²) in [6.07, 6.45) is 6.73. The molecule has 2 aromatic carbocycles. The highest BCUT2D eigenvalue weighted by atomic mass is 16.2. The Morgan fingerprint density at radius 2 is 1.59 bits per heavy atom. The molecular weight excluding hydrogens is 458 g/mol. The SMILES string of the molecule is Cc1nc(-c2ccc(-c3ccncc3)cc2)c2c(n1)[C@@]1(c3ccccc3)C/C(=C/O)C(=O)[C@@H](C)[C@@H]1CC2. The molecule has 5 nitrogen and oxygen atoms in total. The molecule has 0 radical (unpaired) electrons. The van der Waals surface area contributed by atoms with Crippen LogP contribution in [0, 0.1) is 18.8 Å². The summed E-state index contributed by atoms with van der Waals surface area (Å²) in [7, 11) is 0. The van der Waals surface area contributed by atoms with Crippen molar-refractivity contribution in [1.29, 1.82) is 0 Å². The number of aryl methyl sites for hydroxylation is 1. The lowest BCUT2D eigenvalue weighted by Crippen LogP contribution is -2.51. The summed E-state index contributed by atoms with van der Waals surface area (Å²) in [5.41, 5.74) is 7.50. The highest BCUT2D eigenvalue weighted by Gasteiger charge is 2.55. The summed E-state index contributed by atoms with van der Waals surface area (Å²) in [5.74, 6) is 0.635. The van der Waals surface area contributed by atoms with Gasteiger partial charge in [-0.3, -0.25) is 9.78 Å². The lowest BCUT2D eigenvalue weighted by Gasteiger charge is -2.51. The second-order valence-corrected chi connectivity index (χ2v) is 10.2. The van der Waals surface area contributed by atoms with Crippen molar-refractivity contribution in [3.63, 3.8) is 0 Å². The molecule has 37 heavy (non-hydrogen) atoms. The van der Waals surface area contributed by atoms with Gasteiger partial charge in [-0.15, -0.1) is 0 Å². The predicted molar refractivity (Wildman–Crippen MR) is 144 cm³/mol. The molecule has 0 unspecified atom stereocenters. The molecule has 4 aromatic rings. The minimum atomic E-state index is -0.504. The van der Waals surface area contributed by atoms with Crippen molar-refractivity contribution in [1.82, 2.24) is 15.0 Å². The van der Waals surface area contributed by atoms with Crippen LogP contribution < -0.4 is 0 Å². The Balaban J connectivity index is 1.55. The maximum Gasteiger partial charge on any atom is 0.165 e. The van der Waals surface area contributed by atoms with Gasteiger partial charge in [0, 0.05) is 40.4 Å². The van der Waals surface area contributed by atoms with Crippen molar-refractivity contribution in [2.75, 3.05) is 0 Å². The minimum absolute atomic E-state index is 0.0419. The topological polar surface area (TPSA) is 76.0 Å². The zero-order valence-electron chi connectivity index (χ0n) is 21.1. The Bertz CT molecular complexity index is 1500. The first-order valence-corrected chi connectivity index (χ1v) is 12.8. The van der Waals surface area contributed by atoms with Gasteiger partial charge in [0.1, 0.15) is 5.82 Å². The minimum Gasteiger partial charge on any atom is -0.515 e. The van der Waals surface area contributed by atoms with E-state index in [0.717, 1.165) is 58.3 Å². The number of carbonyl (C=O) groups excluding carboxylic acids is 1. The number of aliphatic hydroxyl groups is 1. The van der Waals surface area contributed by atoms with E-state index in [1.165, 1.54) is 0 Å². The second-order valence-electron chi connectivity index (χ2n) is 10.2. The van der Waals surface area contributed by atoms with Crippen LogP contribution in [-0.2, 0) is 16.6 Å². The molecule has 184 valence electrons. The molecule has 2 aromatic heterocycles. The third-order valence-electron chi connectivity index (χ3n) is 8.30. The lowest BCUT2D eigenvalue weighted by molar-refractivity contribution is -0.123. The number of fused-ring (bicyclic) bond motifs is 3. The molecule has 1 saturated carbocycles. The maximum absolute atomic E-state index is 13.1. The maximum atomic E-state index is 13.1. The highest BCUT2D eigenvalue weighted by molar-refractivity contribution is 5.98. The number of hydrogen-bond acceptors (Lipinski definition) is 5. The average molecular weight is 488 g/mol. The fourth-order valence-corrected chi connectivity index (χ4v) is 6.58. The van der Waals surface area contributed by atoms with E-state index in [4.69, 9.17) is 9.97 Å². The normalized spacial score (nSPS) is 23.9. The van der Waals surface area contributed by atoms with Gasteiger partial charge in [0.2, 0.25) is 0 Å². The molecule has 3 atom stereocenters. The first kappa shape index (κ1) is 23.3. The summed E-state index contributed by atoms with van der Waals surface area (Å²) in [6.45, 7) is 3.95. The van der Waals surface area contributed by atoms with Crippen LogP contribution in [0.15, 0.2) is 91.0 Å². The van der Waals surface area contributed by atoms with Crippen LogP contribution in [0.4, 0.5) is 0 Å². The number of ketones is 1. The summed E-state index contributed by atoms with van der Waals surface area (Å²) in [5, 5.41) is 10.1. The number of aliphatic hydroxyl groups excluding tert-OH is 1. The third-order valence-corrected chi connectivity index (χ3v) is 8.30. The van der Waals surface area contributed by atoms with Crippen LogP contribution >= 0.6 is 0 Å². The van der Waals surface area contributed by atoms with Gasteiger partial charge in [-0.25, -0.2) is 9.97 Å². The first-order valence-electron chi connectivity index (χ1n) is 12.8. The Morgan fingerprint density at radius 3 is 2.30 bits per heavy atom. The third kappa shape index (κ3) is 3.69. The van der Waals surface area contributed by atoms with Gasteiger partial charge >= 0.3 is 0 Å². The van der Waals surface area contributed by atoms with Crippen LogP contribution in [0.5, 0.6) is 0 Å². The second kappa shape index (κ2) is 9.07. The van der Waals surface area contributed by atoms with Gasteiger partial charge in [-0.05, 0) is 60.9 Å². The molecule has 0 spiro atoms. The van der Waals surface area contributed by atoms with Crippen LogP contribution in [-0.4, -0.2) is 25.8 Å². The van der Waals surface area contributed by atoms with E-state index in [0.29, 0.717) is 17.8 Å². The fraction of sp³-hybridized carbons (Fsp3) is 0.250. The van der Waals surface area contributed by atoms with E-state index in [2.05, 4.69) is 41.4 Å². The molecule has 0 amide bonds. The number of carbonyl (C=O) groups is 1. The number of Topliss-reactive ketones (excluding diaryl/α,β-unsaturated/α-hetero) is 1. The number of pyridine rings is 1. The number of rotatable bonds is 3. The van der Waals surface area contributed by atoms with Crippen LogP contribution in [0.2, 0.25) is 0 Å². The van der Waals surface area contributed by atoms with Crippen LogP contribution in [0.25, 0.3) is 22.4 Å². The molecule has 0 saturated heterocycles. The Hall–Kier alpha value is -4.12. The monoisotopic (exact) mass is 487 g/mol. The smallest absolute Gasteiger partial charge is 0.165 e. The molecule has 6 rings (SSSR count). The van der Waals surface area contributed by atoms with Gasteiger partial charge in [-0.1, -0.05) is 61.5 Å². The van der Waals surface area contributed by atoms with Gasteiger partial charge in [0.15, 0.2) is 5.78 Å². The highest BCUT2D eigenvalue weighted by Crippen LogP contribution is 2.56. The van der Waals surface area contributed by atoms with Gasteiger partial charge in [-0.2, -0.15) is 0 Å². The first-order chi connectivity index (χ1) is 18.0. The summed E-state index contributed by atoms with van der Waals surface area (Å²) in [4.78, 5) is 27.3. The largest absolute Gasteiger partial charge is 0.515 e. The van der Waals surface area contributed by atoms with Crippen molar-refractivity contribution in [3.05, 3.63) is 114 Å². The van der Waals surface area contributed by atoms with E-state index < -0.39 is 5.41 Å². The molecule has 2 aliphatic carbocycles. The lowest BCUT2D eigenvalue weighted by atomic mass is 9.52. The summed E-state index contributed by atoms with van der Waals surface area (Å²) in [6, 6.07) is 22.9. The Morgan fingerprint density at radius 1 is 0.919 bits per heavy atom. The zero-order chi connectivity index (χ0) is 25.6. The fourth-order valence-electron chi connectivity index (χ4n) is 6.58. The summed E-state index contributed by atoms with van der Waals surface area (Å²) < 4.78 is 0. The molecular formula is C32H29N3O2. The molecule has 1 fully saturated rings. The molecule has 0 aliphatic heterocycles. The number of nitrogens with zero attached hydrogens (tertiary/aromatic N) is 3. The molecule has 1 N–H and O–H groups in total. The van der Waals surface area contributed by atoms with Crippen molar-refractivity contribution in [3.8, 4) is 22.4 Å². The van der Waals surface area contributed by atoms with Crippen LogP contribution in [0.3, 0.4) is 0 Å². The van der Waals surface area contributed by atoms with Gasteiger partial charge in [0.25, 0.3) is 0 Å². The zero-order valence-corrected chi connectivity index (χ0v) is 21.1. The quantitative estimate of drug-likeness (QED) is 0.267. The molecule has 2 heterocycles. The Kier molecular flexibility index (Phi) is 5.71. The predicted octanol–water partition coefficient (Wildman–Crippen LogP) is 6.41. The number of benzene rings is 2. The van der Waals surface area contributed by atoms with Crippen molar-refractivity contribution in [2.45, 2.75) is 38.5 Å². The summed E-state index contributed by atoms with van der Waals surface area (Å²) >= 11 is 0. The molecule has 5 heteroatoms. The molecule has 2 aliphatic rings. The standard InChI is InChI=1S/C32H29N3O2/c1-20-28-13-12-27-29(24-10-8-22(9-11-24)23-14-16-33-17-15-23)34-21(2)35-31(27)32(28,18-25(19-36)30(20)37)26-6-4-3-5-7-26/h3-11,14-17,19-20,28,36H,12-13,18H2,1-2H3/b25-19-/t20-,28-,32+/m0/s1.